The summed E-state index contributed by atoms with van der Waals surface area (Å²) in [6, 6.07) is 11.3. The second-order valence-corrected chi connectivity index (χ2v) is 5.10. The van der Waals surface area contributed by atoms with Gasteiger partial charge in [0.1, 0.15) is 0 Å². The molecule has 4 heteroatoms. The number of aromatic nitrogens is 1. The van der Waals surface area contributed by atoms with Gasteiger partial charge in [-0.25, -0.2) is 0 Å². The Morgan fingerprint density at radius 2 is 2.00 bits per heavy atom. The summed E-state index contributed by atoms with van der Waals surface area (Å²) >= 11 is 5.83. The molecular formula is C16H19ClN2O. The predicted octanol–water partition coefficient (Wildman–Crippen LogP) is 3.12. The minimum Gasteiger partial charge on any atom is -0.387 e. The molecule has 106 valence electrons. The fourth-order valence-electron chi connectivity index (χ4n) is 2.08. The average Bonchev–Trinajstić information content (AvgIpc) is 2.48. The average molecular weight is 291 g/mol. The lowest BCUT2D eigenvalue weighted by Crippen LogP contribution is -2.22. The van der Waals surface area contributed by atoms with Gasteiger partial charge in [0, 0.05) is 24.3 Å². The number of nitrogens with zero attached hydrogens (tertiary/aromatic N) is 1. The van der Waals surface area contributed by atoms with Crippen LogP contribution in [0.5, 0.6) is 0 Å². The van der Waals surface area contributed by atoms with Crippen LogP contribution >= 0.6 is 11.6 Å². The minimum absolute atomic E-state index is 0.487. The van der Waals surface area contributed by atoms with Crippen molar-refractivity contribution in [2.75, 3.05) is 6.54 Å². The third kappa shape index (κ3) is 4.04. The normalized spacial score (nSPS) is 12.3. The Morgan fingerprint density at radius 3 is 2.70 bits per heavy atom. The lowest BCUT2D eigenvalue weighted by atomic mass is 10.1. The van der Waals surface area contributed by atoms with Crippen LogP contribution in [-0.4, -0.2) is 16.6 Å². The first-order valence-corrected chi connectivity index (χ1v) is 7.15. The number of benzene rings is 1. The van der Waals surface area contributed by atoms with Crippen molar-refractivity contribution >= 4 is 11.6 Å². The number of pyridine rings is 1. The highest BCUT2D eigenvalue weighted by Gasteiger charge is 2.07. The third-order valence-electron chi connectivity index (χ3n) is 3.25. The summed E-state index contributed by atoms with van der Waals surface area (Å²) in [6.45, 7) is 3.26. The maximum atomic E-state index is 10.1. The highest BCUT2D eigenvalue weighted by molar-refractivity contribution is 6.30. The van der Waals surface area contributed by atoms with Crippen LogP contribution in [0.3, 0.4) is 0 Å². The van der Waals surface area contributed by atoms with Crippen LogP contribution < -0.4 is 5.32 Å². The lowest BCUT2D eigenvalue weighted by Gasteiger charge is -2.13. The standard InChI is InChI=1S/C16H19ClN2O/c1-2-12-4-3-9-19-15(12)10-18-11-16(20)13-5-7-14(17)8-6-13/h3-9,16,18,20H,2,10-11H2,1H3. The van der Waals surface area contributed by atoms with Gasteiger partial charge >= 0.3 is 0 Å². The van der Waals surface area contributed by atoms with Crippen LogP contribution in [0, 0.1) is 0 Å². The fraction of sp³-hybridized carbons (Fsp3) is 0.312. The zero-order valence-electron chi connectivity index (χ0n) is 11.5. The van der Waals surface area contributed by atoms with Gasteiger partial charge in [-0.1, -0.05) is 36.7 Å². The fourth-order valence-corrected chi connectivity index (χ4v) is 2.21. The zero-order chi connectivity index (χ0) is 14.4. The van der Waals surface area contributed by atoms with Gasteiger partial charge in [-0.05, 0) is 35.7 Å². The molecule has 2 N–H and O–H groups in total. The predicted molar refractivity (Wildman–Crippen MR) is 81.7 cm³/mol. The van der Waals surface area contributed by atoms with Gasteiger partial charge in [-0.15, -0.1) is 0 Å². The van der Waals surface area contributed by atoms with Crippen molar-refractivity contribution in [2.24, 2.45) is 0 Å². The van der Waals surface area contributed by atoms with E-state index in [1.807, 2.05) is 18.2 Å². The number of hydrogen-bond donors (Lipinski definition) is 2. The maximum Gasteiger partial charge on any atom is 0.0914 e. The molecule has 0 saturated heterocycles. The molecule has 0 aliphatic rings. The molecule has 0 saturated carbocycles. The maximum absolute atomic E-state index is 10.1. The van der Waals surface area contributed by atoms with Crippen LogP contribution in [0.25, 0.3) is 0 Å². The van der Waals surface area contributed by atoms with E-state index in [9.17, 15) is 5.11 Å². The quantitative estimate of drug-likeness (QED) is 0.859. The molecule has 0 spiro atoms. The Morgan fingerprint density at radius 1 is 1.25 bits per heavy atom. The van der Waals surface area contributed by atoms with Crippen molar-refractivity contribution in [3.8, 4) is 0 Å². The molecule has 2 rings (SSSR count). The molecule has 1 atom stereocenters. The number of aryl methyl sites for hydroxylation is 1. The molecule has 20 heavy (non-hydrogen) atoms. The Bertz CT molecular complexity index is 542. The number of aliphatic hydroxyl groups is 1. The molecule has 1 aromatic heterocycles. The Kier molecular flexibility index (Phi) is 5.53. The zero-order valence-corrected chi connectivity index (χ0v) is 12.3. The van der Waals surface area contributed by atoms with E-state index in [0.717, 1.165) is 17.7 Å². The van der Waals surface area contributed by atoms with Gasteiger partial charge in [0.25, 0.3) is 0 Å². The number of hydrogen-bond acceptors (Lipinski definition) is 3. The van der Waals surface area contributed by atoms with Gasteiger partial charge in [-0.2, -0.15) is 0 Å². The summed E-state index contributed by atoms with van der Waals surface area (Å²) < 4.78 is 0. The molecule has 2 aromatic rings. The molecule has 1 aromatic carbocycles. The first-order valence-electron chi connectivity index (χ1n) is 6.77. The third-order valence-corrected chi connectivity index (χ3v) is 3.50. The molecule has 0 fully saturated rings. The summed E-state index contributed by atoms with van der Waals surface area (Å²) in [5, 5.41) is 14.0. The summed E-state index contributed by atoms with van der Waals surface area (Å²) in [5.41, 5.74) is 3.14. The van der Waals surface area contributed by atoms with Crippen molar-refractivity contribution < 1.29 is 5.11 Å². The second kappa shape index (κ2) is 7.39. The monoisotopic (exact) mass is 290 g/mol. The molecule has 3 nitrogen and oxygen atoms in total. The molecule has 0 amide bonds. The van der Waals surface area contributed by atoms with Gasteiger partial charge < -0.3 is 10.4 Å². The molecule has 0 aliphatic carbocycles. The Hall–Kier alpha value is -1.42. The smallest absolute Gasteiger partial charge is 0.0914 e. The van der Waals surface area contributed by atoms with E-state index in [-0.39, 0.29) is 0 Å². The first kappa shape index (κ1) is 15.0. The van der Waals surface area contributed by atoms with Crippen LogP contribution in [0.2, 0.25) is 5.02 Å². The number of aliphatic hydroxyl groups excluding tert-OH is 1. The van der Waals surface area contributed by atoms with Crippen molar-refractivity contribution in [3.05, 3.63) is 64.4 Å². The van der Waals surface area contributed by atoms with E-state index < -0.39 is 6.10 Å². The van der Waals surface area contributed by atoms with Crippen LogP contribution in [0.1, 0.15) is 29.8 Å². The Balaban J connectivity index is 1.87. The van der Waals surface area contributed by atoms with E-state index in [1.54, 1.807) is 18.3 Å². The van der Waals surface area contributed by atoms with E-state index in [2.05, 4.69) is 23.3 Å². The largest absolute Gasteiger partial charge is 0.387 e. The van der Waals surface area contributed by atoms with Crippen molar-refractivity contribution in [1.82, 2.24) is 10.3 Å². The SMILES string of the molecule is CCc1cccnc1CNCC(O)c1ccc(Cl)cc1. The topological polar surface area (TPSA) is 45.2 Å². The molecule has 1 unspecified atom stereocenters. The van der Waals surface area contributed by atoms with Gasteiger partial charge in [0.05, 0.1) is 11.8 Å². The molecule has 0 bridgehead atoms. The summed E-state index contributed by atoms with van der Waals surface area (Å²) in [5.74, 6) is 0. The van der Waals surface area contributed by atoms with E-state index in [0.29, 0.717) is 18.1 Å². The number of rotatable bonds is 6. The molecule has 0 aliphatic heterocycles. The van der Waals surface area contributed by atoms with E-state index >= 15 is 0 Å². The van der Waals surface area contributed by atoms with Crippen molar-refractivity contribution in [3.63, 3.8) is 0 Å². The Labute approximate surface area is 124 Å². The van der Waals surface area contributed by atoms with Gasteiger partial charge in [0.15, 0.2) is 0 Å². The summed E-state index contributed by atoms with van der Waals surface area (Å²) in [4.78, 5) is 4.37. The van der Waals surface area contributed by atoms with E-state index in [1.165, 1.54) is 5.56 Å². The lowest BCUT2D eigenvalue weighted by molar-refractivity contribution is 0.174. The van der Waals surface area contributed by atoms with E-state index in [4.69, 9.17) is 11.6 Å². The van der Waals surface area contributed by atoms with Crippen LogP contribution in [-0.2, 0) is 13.0 Å². The van der Waals surface area contributed by atoms with Crippen LogP contribution in [0.15, 0.2) is 42.6 Å². The second-order valence-electron chi connectivity index (χ2n) is 4.66. The summed E-state index contributed by atoms with van der Waals surface area (Å²) in [6.07, 6.45) is 2.22. The summed E-state index contributed by atoms with van der Waals surface area (Å²) in [7, 11) is 0. The molecular weight excluding hydrogens is 272 g/mol. The first-order chi connectivity index (χ1) is 9.70. The van der Waals surface area contributed by atoms with Gasteiger partial charge in [-0.3, -0.25) is 4.98 Å². The highest BCUT2D eigenvalue weighted by atomic mass is 35.5. The molecule has 1 heterocycles. The highest BCUT2D eigenvalue weighted by Crippen LogP contribution is 2.16. The molecule has 0 radical (unpaired) electrons. The van der Waals surface area contributed by atoms with Crippen LogP contribution in [0.4, 0.5) is 0 Å². The number of halogens is 1. The minimum atomic E-state index is -0.541. The van der Waals surface area contributed by atoms with Crippen molar-refractivity contribution in [2.45, 2.75) is 26.0 Å². The van der Waals surface area contributed by atoms with Crippen molar-refractivity contribution in [1.29, 1.82) is 0 Å². The number of nitrogens with one attached hydrogen (secondary N) is 1. The van der Waals surface area contributed by atoms with Gasteiger partial charge in [0.2, 0.25) is 0 Å².